The van der Waals surface area contributed by atoms with E-state index in [-0.39, 0.29) is 44.4 Å². The van der Waals surface area contributed by atoms with Gasteiger partial charge in [0.25, 0.3) is 0 Å². The van der Waals surface area contributed by atoms with Crippen molar-refractivity contribution < 1.29 is 24.2 Å². The Morgan fingerprint density at radius 1 is 0.925 bits per heavy atom. The zero-order valence-corrected chi connectivity index (χ0v) is 22.6. The van der Waals surface area contributed by atoms with Crippen molar-refractivity contribution in [3.8, 4) is 11.1 Å². The van der Waals surface area contributed by atoms with Crippen LogP contribution in [0.5, 0.6) is 0 Å². The molecular formula is C31H29N3O5S. The maximum atomic E-state index is 13.0. The van der Waals surface area contributed by atoms with E-state index in [1.54, 1.807) is 5.38 Å². The molecule has 0 atom stereocenters. The van der Waals surface area contributed by atoms with Gasteiger partial charge in [-0.2, -0.15) is 0 Å². The van der Waals surface area contributed by atoms with Crippen LogP contribution in [0.2, 0.25) is 0 Å². The van der Waals surface area contributed by atoms with Crippen molar-refractivity contribution in [1.29, 1.82) is 0 Å². The molecule has 0 saturated carbocycles. The third-order valence-electron chi connectivity index (χ3n) is 6.82. The number of rotatable bonds is 11. The van der Waals surface area contributed by atoms with Crippen LogP contribution in [0.1, 0.15) is 39.7 Å². The van der Waals surface area contributed by atoms with Crippen LogP contribution in [0.25, 0.3) is 11.1 Å². The number of benzene rings is 3. The van der Waals surface area contributed by atoms with Crippen molar-refractivity contribution in [2.45, 2.75) is 31.8 Å². The predicted octanol–water partition coefficient (Wildman–Crippen LogP) is 5.23. The Bertz CT molecular complexity index is 1460. The normalized spacial score (nSPS) is 11.9. The summed E-state index contributed by atoms with van der Waals surface area (Å²) in [6, 6.07) is 25.8. The molecule has 2 N–H and O–H groups in total. The number of aromatic nitrogens is 1. The summed E-state index contributed by atoms with van der Waals surface area (Å²) < 4.78 is 5.59. The molecule has 3 aromatic carbocycles. The first-order valence-electron chi connectivity index (χ1n) is 13.0. The smallest absolute Gasteiger partial charge is 0.407 e. The molecular weight excluding hydrogens is 526 g/mol. The second kappa shape index (κ2) is 12.6. The number of hydrogen-bond donors (Lipinski definition) is 2. The second-order valence-corrected chi connectivity index (χ2v) is 10.5. The Balaban J connectivity index is 1.13. The zero-order valence-electron chi connectivity index (χ0n) is 21.8. The average molecular weight is 556 g/mol. The lowest BCUT2D eigenvalue weighted by Gasteiger charge is -2.22. The molecule has 0 bridgehead atoms. The number of ether oxygens (including phenoxy) is 1. The number of fused-ring (bicyclic) bond motifs is 3. The van der Waals surface area contributed by atoms with Gasteiger partial charge in [0.05, 0.1) is 25.1 Å². The molecule has 1 aromatic heterocycles. The molecule has 204 valence electrons. The van der Waals surface area contributed by atoms with Gasteiger partial charge < -0.3 is 20.1 Å². The molecule has 0 spiro atoms. The summed E-state index contributed by atoms with van der Waals surface area (Å²) in [7, 11) is 0. The van der Waals surface area contributed by atoms with Crippen LogP contribution >= 0.6 is 11.3 Å². The highest BCUT2D eigenvalue weighted by Gasteiger charge is 2.29. The van der Waals surface area contributed by atoms with Gasteiger partial charge in [0.1, 0.15) is 11.6 Å². The number of aliphatic carboxylic acids is 1. The standard InChI is InChI=1S/C31H29N3O5S/c35-29(34(15-14-30(36)37)18-21-8-2-1-3-9-21)16-22-20-40-28(33-22)17-32-31(38)39-19-27-25-12-6-4-10-23(25)24-11-5-7-13-26(24)27/h1-13,20,27H,14-19H2,(H,32,38)(H,36,37). The van der Waals surface area contributed by atoms with E-state index in [4.69, 9.17) is 9.84 Å². The number of thiazole rings is 1. The number of amides is 2. The lowest BCUT2D eigenvalue weighted by atomic mass is 9.98. The molecule has 2 amide bonds. The van der Waals surface area contributed by atoms with Crippen LogP contribution in [0.3, 0.4) is 0 Å². The molecule has 0 aliphatic heterocycles. The van der Waals surface area contributed by atoms with Crippen LogP contribution in [-0.4, -0.2) is 46.1 Å². The first-order chi connectivity index (χ1) is 19.5. The van der Waals surface area contributed by atoms with Crippen molar-refractivity contribution >= 4 is 29.3 Å². The molecule has 0 saturated heterocycles. The maximum Gasteiger partial charge on any atom is 0.407 e. The maximum absolute atomic E-state index is 13.0. The van der Waals surface area contributed by atoms with Gasteiger partial charge in [-0.3, -0.25) is 9.59 Å². The molecule has 1 heterocycles. The van der Waals surface area contributed by atoms with Crippen LogP contribution in [0, 0.1) is 0 Å². The molecule has 4 aromatic rings. The lowest BCUT2D eigenvalue weighted by molar-refractivity contribution is -0.138. The van der Waals surface area contributed by atoms with Gasteiger partial charge in [-0.05, 0) is 27.8 Å². The minimum atomic E-state index is -0.957. The Labute approximate surface area is 236 Å². The van der Waals surface area contributed by atoms with Gasteiger partial charge in [0.15, 0.2) is 0 Å². The van der Waals surface area contributed by atoms with Gasteiger partial charge in [0.2, 0.25) is 5.91 Å². The van der Waals surface area contributed by atoms with E-state index in [1.807, 2.05) is 54.6 Å². The molecule has 9 heteroatoms. The highest BCUT2D eigenvalue weighted by molar-refractivity contribution is 7.09. The molecule has 0 fully saturated rings. The number of hydrogen-bond acceptors (Lipinski definition) is 6. The number of carbonyl (C=O) groups is 3. The first kappa shape index (κ1) is 27.1. The number of alkyl carbamates (subject to hydrolysis) is 1. The minimum Gasteiger partial charge on any atom is -0.481 e. The van der Waals surface area contributed by atoms with E-state index in [0.29, 0.717) is 17.2 Å². The summed E-state index contributed by atoms with van der Waals surface area (Å²) in [6.45, 7) is 0.851. The lowest BCUT2D eigenvalue weighted by Crippen LogP contribution is -2.33. The summed E-state index contributed by atoms with van der Waals surface area (Å²) in [6.07, 6.45) is -0.615. The summed E-state index contributed by atoms with van der Waals surface area (Å²) in [4.78, 5) is 42.6. The number of carboxylic acids is 1. The topological polar surface area (TPSA) is 109 Å². The summed E-state index contributed by atoms with van der Waals surface area (Å²) in [5, 5.41) is 14.3. The largest absolute Gasteiger partial charge is 0.481 e. The van der Waals surface area contributed by atoms with Gasteiger partial charge >= 0.3 is 12.1 Å². The Morgan fingerprint density at radius 3 is 2.25 bits per heavy atom. The van der Waals surface area contributed by atoms with Gasteiger partial charge in [-0.1, -0.05) is 78.9 Å². The summed E-state index contributed by atoms with van der Waals surface area (Å²) >= 11 is 1.35. The van der Waals surface area contributed by atoms with E-state index < -0.39 is 12.1 Å². The predicted molar refractivity (Wildman–Crippen MR) is 152 cm³/mol. The monoisotopic (exact) mass is 555 g/mol. The van der Waals surface area contributed by atoms with E-state index >= 15 is 0 Å². The van der Waals surface area contributed by atoms with Crippen LogP contribution in [0.15, 0.2) is 84.2 Å². The zero-order chi connectivity index (χ0) is 27.9. The highest BCUT2D eigenvalue weighted by atomic mass is 32.1. The fraction of sp³-hybridized carbons (Fsp3) is 0.226. The van der Waals surface area contributed by atoms with E-state index in [0.717, 1.165) is 16.7 Å². The molecule has 5 rings (SSSR count). The minimum absolute atomic E-state index is 0.0180. The Hall–Kier alpha value is -4.50. The quantitative estimate of drug-likeness (QED) is 0.262. The van der Waals surface area contributed by atoms with Crippen LogP contribution < -0.4 is 5.32 Å². The summed E-state index contributed by atoms with van der Waals surface area (Å²) in [5.74, 6) is -1.18. The van der Waals surface area contributed by atoms with E-state index in [9.17, 15) is 14.4 Å². The molecule has 0 radical (unpaired) electrons. The van der Waals surface area contributed by atoms with Gasteiger partial charge in [0, 0.05) is 24.4 Å². The van der Waals surface area contributed by atoms with Crippen LogP contribution in [-0.2, 0) is 33.8 Å². The van der Waals surface area contributed by atoms with Crippen molar-refractivity contribution in [3.05, 3.63) is 112 Å². The third kappa shape index (κ3) is 6.55. The number of nitrogens with one attached hydrogen (secondary N) is 1. The molecule has 0 unspecified atom stereocenters. The fourth-order valence-corrected chi connectivity index (χ4v) is 5.64. The molecule has 1 aliphatic rings. The number of carboxylic acid groups (broad SMARTS) is 1. The SMILES string of the molecule is O=C(O)CCN(Cc1ccccc1)C(=O)Cc1csc(CNC(=O)OCC2c3ccccc3-c3ccccc32)n1. The Kier molecular flexibility index (Phi) is 8.51. The van der Waals surface area contributed by atoms with Gasteiger partial charge in [-0.25, -0.2) is 9.78 Å². The van der Waals surface area contributed by atoms with E-state index in [2.05, 4.69) is 34.6 Å². The van der Waals surface area contributed by atoms with Crippen molar-refractivity contribution in [2.24, 2.45) is 0 Å². The van der Waals surface area contributed by atoms with Gasteiger partial charge in [-0.15, -0.1) is 11.3 Å². The summed E-state index contributed by atoms with van der Waals surface area (Å²) in [5.41, 5.74) is 6.13. The van der Waals surface area contributed by atoms with E-state index in [1.165, 1.54) is 27.4 Å². The molecule has 40 heavy (non-hydrogen) atoms. The van der Waals surface area contributed by atoms with Crippen molar-refractivity contribution in [1.82, 2.24) is 15.2 Å². The second-order valence-electron chi connectivity index (χ2n) is 9.53. The number of nitrogens with zero attached hydrogens (tertiary/aromatic N) is 2. The average Bonchev–Trinajstić information content (AvgIpc) is 3.55. The first-order valence-corrected chi connectivity index (χ1v) is 13.9. The Morgan fingerprint density at radius 2 is 1.57 bits per heavy atom. The molecule has 1 aliphatic carbocycles. The molecule has 8 nitrogen and oxygen atoms in total. The van der Waals surface area contributed by atoms with Crippen molar-refractivity contribution in [3.63, 3.8) is 0 Å². The highest BCUT2D eigenvalue weighted by Crippen LogP contribution is 2.44. The van der Waals surface area contributed by atoms with Crippen LogP contribution in [0.4, 0.5) is 4.79 Å². The third-order valence-corrected chi connectivity index (χ3v) is 7.72. The number of carbonyl (C=O) groups excluding carboxylic acids is 2. The fourth-order valence-electron chi connectivity index (χ4n) is 4.90. The van der Waals surface area contributed by atoms with Crippen molar-refractivity contribution in [2.75, 3.05) is 13.2 Å².